The fourth-order valence-electron chi connectivity index (χ4n) is 3.69. The molecule has 2 aliphatic carbocycles. The highest BCUT2D eigenvalue weighted by atomic mass is 19.3. The molecule has 6 heteroatoms. The SMILES string of the molecule is CCOC1CC(NCC(F)(F)C(F)F)C12CCCCC2. The zero-order valence-electron chi connectivity index (χ0n) is 11.8. The summed E-state index contributed by atoms with van der Waals surface area (Å²) in [5.74, 6) is -3.95. The topological polar surface area (TPSA) is 21.3 Å². The quantitative estimate of drug-likeness (QED) is 0.756. The molecule has 0 aromatic heterocycles. The van der Waals surface area contributed by atoms with Crippen molar-refractivity contribution in [2.75, 3.05) is 13.2 Å². The van der Waals surface area contributed by atoms with Crippen molar-refractivity contribution in [1.82, 2.24) is 5.32 Å². The van der Waals surface area contributed by atoms with Crippen molar-refractivity contribution in [2.45, 2.75) is 69.9 Å². The third-order valence-electron chi connectivity index (χ3n) is 4.84. The molecule has 2 fully saturated rings. The predicted molar refractivity (Wildman–Crippen MR) is 68.3 cm³/mol. The maximum Gasteiger partial charge on any atom is 0.319 e. The maximum atomic E-state index is 13.0. The summed E-state index contributed by atoms with van der Waals surface area (Å²) in [7, 11) is 0. The molecule has 0 heterocycles. The van der Waals surface area contributed by atoms with Crippen molar-refractivity contribution in [3.63, 3.8) is 0 Å². The third-order valence-corrected chi connectivity index (χ3v) is 4.84. The summed E-state index contributed by atoms with van der Waals surface area (Å²) in [6, 6.07) is -0.121. The minimum absolute atomic E-state index is 0.0884. The van der Waals surface area contributed by atoms with Gasteiger partial charge in [0, 0.05) is 18.1 Å². The molecule has 2 saturated carbocycles. The van der Waals surface area contributed by atoms with E-state index < -0.39 is 18.9 Å². The lowest BCUT2D eigenvalue weighted by atomic mass is 9.55. The van der Waals surface area contributed by atoms with Gasteiger partial charge in [-0.05, 0) is 26.2 Å². The van der Waals surface area contributed by atoms with Crippen LogP contribution in [0.2, 0.25) is 0 Å². The molecule has 1 spiro atoms. The van der Waals surface area contributed by atoms with Gasteiger partial charge in [-0.3, -0.25) is 0 Å². The first-order chi connectivity index (χ1) is 9.42. The minimum Gasteiger partial charge on any atom is -0.378 e. The molecule has 0 aromatic rings. The van der Waals surface area contributed by atoms with Crippen molar-refractivity contribution in [2.24, 2.45) is 5.41 Å². The van der Waals surface area contributed by atoms with E-state index in [4.69, 9.17) is 4.74 Å². The van der Waals surface area contributed by atoms with Gasteiger partial charge in [-0.1, -0.05) is 19.3 Å². The summed E-state index contributed by atoms with van der Waals surface area (Å²) >= 11 is 0. The van der Waals surface area contributed by atoms with Crippen LogP contribution in [0.5, 0.6) is 0 Å². The van der Waals surface area contributed by atoms with E-state index in [1.807, 2.05) is 6.92 Å². The number of rotatable bonds is 6. The van der Waals surface area contributed by atoms with E-state index >= 15 is 0 Å². The second-order valence-corrected chi connectivity index (χ2v) is 5.97. The normalized spacial score (nSPS) is 29.7. The van der Waals surface area contributed by atoms with Crippen LogP contribution in [0.15, 0.2) is 0 Å². The van der Waals surface area contributed by atoms with E-state index in [-0.39, 0.29) is 17.6 Å². The second kappa shape index (κ2) is 6.18. The fourth-order valence-corrected chi connectivity index (χ4v) is 3.69. The van der Waals surface area contributed by atoms with Gasteiger partial charge in [0.1, 0.15) is 0 Å². The van der Waals surface area contributed by atoms with Crippen LogP contribution in [0, 0.1) is 5.41 Å². The van der Waals surface area contributed by atoms with Gasteiger partial charge in [-0.15, -0.1) is 0 Å². The maximum absolute atomic E-state index is 13.0. The molecular formula is C14H23F4NO. The molecule has 0 aromatic carbocycles. The molecule has 0 saturated heterocycles. The fraction of sp³-hybridized carbons (Fsp3) is 1.00. The number of nitrogens with one attached hydrogen (secondary N) is 1. The number of hydrogen-bond acceptors (Lipinski definition) is 2. The van der Waals surface area contributed by atoms with E-state index in [1.165, 1.54) is 0 Å². The highest BCUT2D eigenvalue weighted by molar-refractivity contribution is 5.09. The van der Waals surface area contributed by atoms with Crippen LogP contribution in [0.1, 0.15) is 45.4 Å². The van der Waals surface area contributed by atoms with Crippen molar-refractivity contribution in [3.8, 4) is 0 Å². The van der Waals surface area contributed by atoms with Crippen LogP contribution >= 0.6 is 0 Å². The van der Waals surface area contributed by atoms with Crippen molar-refractivity contribution in [1.29, 1.82) is 0 Å². The first kappa shape index (κ1) is 16.0. The van der Waals surface area contributed by atoms with Crippen molar-refractivity contribution >= 4 is 0 Å². The van der Waals surface area contributed by atoms with E-state index in [1.54, 1.807) is 0 Å². The zero-order chi connectivity index (χ0) is 14.8. The minimum atomic E-state index is -3.95. The molecular weight excluding hydrogens is 274 g/mol. The molecule has 2 rings (SSSR count). The van der Waals surface area contributed by atoms with E-state index in [9.17, 15) is 17.6 Å². The van der Waals surface area contributed by atoms with E-state index in [2.05, 4.69) is 5.32 Å². The van der Waals surface area contributed by atoms with Crippen LogP contribution < -0.4 is 5.32 Å². The van der Waals surface area contributed by atoms with Crippen molar-refractivity contribution in [3.05, 3.63) is 0 Å². The standard InChI is InChI=1S/C14H23F4NO/c1-2-20-11-8-10(13(11)6-4-3-5-7-13)19-9-14(17,18)12(15)16/h10-12,19H,2-9H2,1H3. The summed E-state index contributed by atoms with van der Waals surface area (Å²) in [4.78, 5) is 0. The average molecular weight is 297 g/mol. The summed E-state index contributed by atoms with van der Waals surface area (Å²) < 4.78 is 56.2. The molecule has 0 amide bonds. The summed E-state index contributed by atoms with van der Waals surface area (Å²) in [6.07, 6.45) is 2.28. The molecule has 0 aliphatic heterocycles. The molecule has 2 nitrogen and oxygen atoms in total. The Morgan fingerprint density at radius 2 is 1.90 bits per heavy atom. The number of ether oxygens (including phenoxy) is 1. The molecule has 0 bridgehead atoms. The van der Waals surface area contributed by atoms with Gasteiger partial charge in [0.15, 0.2) is 0 Å². The first-order valence-electron chi connectivity index (χ1n) is 7.43. The Balaban J connectivity index is 1.94. The van der Waals surface area contributed by atoms with Gasteiger partial charge in [0.25, 0.3) is 0 Å². The number of hydrogen-bond donors (Lipinski definition) is 1. The average Bonchev–Trinajstić information content (AvgIpc) is 2.42. The van der Waals surface area contributed by atoms with E-state index in [0.717, 1.165) is 32.1 Å². The highest BCUT2D eigenvalue weighted by Gasteiger charge is 2.56. The van der Waals surface area contributed by atoms with Crippen molar-refractivity contribution < 1.29 is 22.3 Å². The Hall–Kier alpha value is -0.360. The summed E-state index contributed by atoms with van der Waals surface area (Å²) in [6.45, 7) is 1.57. The third kappa shape index (κ3) is 2.96. The largest absolute Gasteiger partial charge is 0.378 e. The Labute approximate surface area is 117 Å². The second-order valence-electron chi connectivity index (χ2n) is 5.97. The Kier molecular flexibility index (Phi) is 4.95. The molecule has 1 N–H and O–H groups in total. The van der Waals surface area contributed by atoms with Crippen LogP contribution in [-0.2, 0) is 4.74 Å². The number of halogens is 4. The molecule has 118 valence electrons. The zero-order valence-corrected chi connectivity index (χ0v) is 11.8. The Bertz CT molecular complexity index is 318. The van der Waals surface area contributed by atoms with Gasteiger partial charge in [0.05, 0.1) is 12.6 Å². The first-order valence-corrected chi connectivity index (χ1v) is 7.43. The van der Waals surface area contributed by atoms with E-state index in [0.29, 0.717) is 13.0 Å². The lowest BCUT2D eigenvalue weighted by Crippen LogP contribution is -2.65. The Morgan fingerprint density at radius 1 is 1.25 bits per heavy atom. The lowest BCUT2D eigenvalue weighted by molar-refractivity contribution is -0.165. The van der Waals surface area contributed by atoms with Gasteiger partial charge < -0.3 is 10.1 Å². The van der Waals surface area contributed by atoms with Gasteiger partial charge in [0.2, 0.25) is 0 Å². The van der Waals surface area contributed by atoms with Crippen LogP contribution in [0.25, 0.3) is 0 Å². The van der Waals surface area contributed by atoms with Crippen LogP contribution in [-0.4, -0.2) is 37.6 Å². The summed E-state index contributed by atoms with van der Waals surface area (Å²) in [5.41, 5.74) is -0.119. The number of alkyl halides is 4. The smallest absolute Gasteiger partial charge is 0.319 e. The Morgan fingerprint density at radius 3 is 2.45 bits per heavy atom. The molecule has 2 aliphatic rings. The van der Waals surface area contributed by atoms with Crippen LogP contribution in [0.3, 0.4) is 0 Å². The molecule has 0 radical (unpaired) electrons. The molecule has 20 heavy (non-hydrogen) atoms. The monoisotopic (exact) mass is 297 g/mol. The highest BCUT2D eigenvalue weighted by Crippen LogP contribution is 2.53. The summed E-state index contributed by atoms with van der Waals surface area (Å²) in [5, 5.41) is 2.68. The molecule has 2 atom stereocenters. The lowest BCUT2D eigenvalue weighted by Gasteiger charge is -2.58. The molecule has 2 unspecified atom stereocenters. The van der Waals surface area contributed by atoms with Gasteiger partial charge in [-0.25, -0.2) is 8.78 Å². The van der Waals surface area contributed by atoms with Gasteiger partial charge >= 0.3 is 12.3 Å². The predicted octanol–water partition coefficient (Wildman–Crippen LogP) is 3.60. The van der Waals surface area contributed by atoms with Crippen LogP contribution in [0.4, 0.5) is 17.6 Å². The van der Waals surface area contributed by atoms with Gasteiger partial charge in [-0.2, -0.15) is 8.78 Å².